The van der Waals surface area contributed by atoms with E-state index in [1.807, 2.05) is 48.7 Å². The molecule has 0 aliphatic carbocycles. The third-order valence-corrected chi connectivity index (χ3v) is 7.92. The van der Waals surface area contributed by atoms with Crippen molar-refractivity contribution in [3.8, 4) is 5.75 Å². The highest BCUT2D eigenvalue weighted by Crippen LogP contribution is 2.45. The van der Waals surface area contributed by atoms with Gasteiger partial charge in [0.2, 0.25) is 0 Å². The minimum absolute atomic E-state index is 0.0739. The van der Waals surface area contributed by atoms with Gasteiger partial charge in [-0.25, -0.2) is 0 Å². The molecule has 0 fully saturated rings. The highest BCUT2D eigenvalue weighted by atomic mass is 16.5. The Hall–Kier alpha value is -4.80. The molecular weight excluding hydrogens is 546 g/mol. The third kappa shape index (κ3) is 5.93. The van der Waals surface area contributed by atoms with E-state index in [-0.39, 0.29) is 18.4 Å². The molecule has 3 atom stereocenters. The summed E-state index contributed by atoms with van der Waals surface area (Å²) >= 11 is 0. The number of nitrogens with one attached hydrogen (secondary N) is 1. The zero-order valence-electron chi connectivity index (χ0n) is 24.3. The van der Waals surface area contributed by atoms with E-state index in [9.17, 15) is 19.8 Å². The number of aromatic nitrogens is 3. The fraction of sp³-hybridized carbons (Fsp3) is 0.273. The standard InChI is InChI=1S/C33H35N5O5/c1-22(9-7-8-18-38-20-29(35-36-38)27(21-39)23-10-5-4-6-11-23)33(42)28-19-25(14-17-30(28)37(2)32(33)41)34-31(40)24-12-15-26(43-3)16-13-24/h4-7,9-17,19-20,22,27,39,42H,8,18,21H2,1-3H3,(H,34,40)/b9-7+/t22-,27?,33+/m1/s1. The minimum atomic E-state index is -1.80. The molecule has 0 bridgehead atoms. The Morgan fingerprint density at radius 3 is 2.56 bits per heavy atom. The Bertz CT molecular complexity index is 1620. The van der Waals surface area contributed by atoms with Gasteiger partial charge in [-0.3, -0.25) is 14.3 Å². The van der Waals surface area contributed by atoms with Gasteiger partial charge < -0.3 is 25.2 Å². The highest BCUT2D eigenvalue weighted by molar-refractivity contribution is 6.08. The van der Waals surface area contributed by atoms with E-state index < -0.39 is 17.4 Å². The van der Waals surface area contributed by atoms with Crippen molar-refractivity contribution in [1.82, 2.24) is 15.0 Å². The van der Waals surface area contributed by atoms with Crippen molar-refractivity contribution in [3.63, 3.8) is 0 Å². The molecule has 1 aliphatic heterocycles. The van der Waals surface area contributed by atoms with Gasteiger partial charge >= 0.3 is 0 Å². The van der Waals surface area contributed by atoms with Crippen LogP contribution in [0.5, 0.6) is 5.75 Å². The molecule has 10 nitrogen and oxygen atoms in total. The van der Waals surface area contributed by atoms with Gasteiger partial charge in [0.1, 0.15) is 5.75 Å². The Balaban J connectivity index is 1.26. The molecule has 1 aliphatic rings. The molecule has 5 rings (SSSR count). The van der Waals surface area contributed by atoms with Gasteiger partial charge in [-0.2, -0.15) is 0 Å². The Morgan fingerprint density at radius 2 is 1.86 bits per heavy atom. The van der Waals surface area contributed by atoms with E-state index in [0.29, 0.717) is 46.9 Å². The summed E-state index contributed by atoms with van der Waals surface area (Å²) in [6, 6.07) is 21.5. The number of ether oxygens (including phenoxy) is 1. The number of likely N-dealkylation sites (N-methyl/N-ethyl adjacent to an activating group) is 1. The molecule has 222 valence electrons. The Kier molecular flexibility index (Phi) is 8.70. The van der Waals surface area contributed by atoms with Crippen molar-refractivity contribution < 1.29 is 24.5 Å². The van der Waals surface area contributed by atoms with Crippen LogP contribution in [0.4, 0.5) is 11.4 Å². The number of aryl methyl sites for hydroxylation is 1. The molecule has 2 amide bonds. The van der Waals surface area contributed by atoms with E-state index in [4.69, 9.17) is 4.74 Å². The third-order valence-electron chi connectivity index (χ3n) is 7.92. The molecule has 0 spiro atoms. The first kappa shape index (κ1) is 29.7. The van der Waals surface area contributed by atoms with Gasteiger partial charge in [0, 0.05) is 42.5 Å². The maximum atomic E-state index is 13.3. The van der Waals surface area contributed by atoms with E-state index in [1.165, 1.54) is 4.90 Å². The summed E-state index contributed by atoms with van der Waals surface area (Å²) in [6.45, 7) is 2.25. The van der Waals surface area contributed by atoms with Crippen LogP contribution in [0.2, 0.25) is 0 Å². The number of methoxy groups -OCH3 is 1. The number of allylic oxidation sites excluding steroid dienone is 1. The number of hydrogen-bond donors (Lipinski definition) is 3. The van der Waals surface area contributed by atoms with Crippen molar-refractivity contribution in [2.45, 2.75) is 31.4 Å². The number of anilines is 2. The number of aliphatic hydroxyl groups is 2. The highest BCUT2D eigenvalue weighted by Gasteiger charge is 2.51. The van der Waals surface area contributed by atoms with E-state index >= 15 is 0 Å². The minimum Gasteiger partial charge on any atom is -0.497 e. The summed E-state index contributed by atoms with van der Waals surface area (Å²) < 4.78 is 6.87. The van der Waals surface area contributed by atoms with Crippen LogP contribution in [0.3, 0.4) is 0 Å². The molecule has 0 saturated carbocycles. The molecule has 43 heavy (non-hydrogen) atoms. The summed E-state index contributed by atoms with van der Waals surface area (Å²) in [6.07, 6.45) is 6.15. The maximum Gasteiger partial charge on any atom is 0.264 e. The van der Waals surface area contributed by atoms with Crippen LogP contribution in [0.1, 0.15) is 46.4 Å². The van der Waals surface area contributed by atoms with Crippen molar-refractivity contribution in [2.24, 2.45) is 5.92 Å². The number of carbonyl (C=O) groups excluding carboxylic acids is 2. The van der Waals surface area contributed by atoms with Crippen molar-refractivity contribution in [1.29, 1.82) is 0 Å². The van der Waals surface area contributed by atoms with E-state index in [1.54, 1.807) is 68.2 Å². The predicted octanol–water partition coefficient (Wildman–Crippen LogP) is 4.11. The van der Waals surface area contributed by atoms with Crippen LogP contribution in [0.15, 0.2) is 91.1 Å². The molecular formula is C33H35N5O5. The fourth-order valence-electron chi connectivity index (χ4n) is 5.36. The van der Waals surface area contributed by atoms with Crippen molar-refractivity contribution in [3.05, 3.63) is 114 Å². The first-order valence-corrected chi connectivity index (χ1v) is 14.1. The summed E-state index contributed by atoms with van der Waals surface area (Å²) in [4.78, 5) is 27.6. The van der Waals surface area contributed by atoms with Gasteiger partial charge in [-0.1, -0.05) is 54.6 Å². The summed E-state index contributed by atoms with van der Waals surface area (Å²) in [5, 5.41) is 33.0. The van der Waals surface area contributed by atoms with Gasteiger partial charge in [-0.05, 0) is 54.4 Å². The quantitative estimate of drug-likeness (QED) is 0.227. The molecule has 0 saturated heterocycles. The normalized spacial score (nSPS) is 17.6. The molecule has 1 aromatic heterocycles. The maximum absolute atomic E-state index is 13.3. The van der Waals surface area contributed by atoms with Crippen LogP contribution >= 0.6 is 0 Å². The number of nitrogens with zero attached hydrogens (tertiary/aromatic N) is 4. The van der Waals surface area contributed by atoms with Crippen LogP contribution in [0.25, 0.3) is 0 Å². The van der Waals surface area contributed by atoms with E-state index in [2.05, 4.69) is 15.6 Å². The van der Waals surface area contributed by atoms with Gasteiger partial charge in [0.25, 0.3) is 11.8 Å². The lowest BCUT2D eigenvalue weighted by Gasteiger charge is -2.27. The average molecular weight is 582 g/mol. The van der Waals surface area contributed by atoms with Crippen LogP contribution in [-0.4, -0.2) is 57.8 Å². The van der Waals surface area contributed by atoms with Crippen molar-refractivity contribution >= 4 is 23.2 Å². The molecule has 2 heterocycles. The first-order chi connectivity index (χ1) is 20.8. The Morgan fingerprint density at radius 1 is 1.12 bits per heavy atom. The Labute approximate surface area is 250 Å². The van der Waals surface area contributed by atoms with Gasteiger partial charge in [-0.15, -0.1) is 5.10 Å². The number of fused-ring (bicyclic) bond motifs is 1. The first-order valence-electron chi connectivity index (χ1n) is 14.1. The largest absolute Gasteiger partial charge is 0.497 e. The second kappa shape index (κ2) is 12.6. The lowest BCUT2D eigenvalue weighted by molar-refractivity contribution is -0.139. The molecule has 1 unspecified atom stereocenters. The summed E-state index contributed by atoms with van der Waals surface area (Å²) in [5.41, 5.74) is 1.79. The molecule has 10 heteroatoms. The second-order valence-electron chi connectivity index (χ2n) is 10.6. The number of rotatable bonds is 11. The number of benzene rings is 3. The van der Waals surface area contributed by atoms with E-state index in [0.717, 1.165) is 5.56 Å². The number of hydrogen-bond acceptors (Lipinski definition) is 7. The van der Waals surface area contributed by atoms with Gasteiger partial charge in [0.05, 0.1) is 31.0 Å². The second-order valence-corrected chi connectivity index (χ2v) is 10.6. The van der Waals surface area contributed by atoms with Crippen LogP contribution in [-0.2, 0) is 16.9 Å². The monoisotopic (exact) mass is 581 g/mol. The SMILES string of the molecule is COc1ccc(C(=O)Nc2ccc3c(c2)[C@@](O)([C@H](C)/C=C/CCn2cc(C(CO)c4ccccc4)nn2)C(=O)N3C)cc1. The zero-order valence-corrected chi connectivity index (χ0v) is 24.3. The topological polar surface area (TPSA) is 130 Å². The lowest BCUT2D eigenvalue weighted by Crippen LogP contribution is -2.43. The number of amides is 2. The summed E-state index contributed by atoms with van der Waals surface area (Å²) in [7, 11) is 3.19. The van der Waals surface area contributed by atoms with Crippen molar-refractivity contribution in [2.75, 3.05) is 31.0 Å². The molecule has 0 radical (unpaired) electrons. The lowest BCUT2D eigenvalue weighted by atomic mass is 9.82. The number of carbonyl (C=O) groups is 2. The van der Waals surface area contributed by atoms with Gasteiger partial charge in [0.15, 0.2) is 5.60 Å². The van der Waals surface area contributed by atoms with Crippen LogP contribution < -0.4 is 15.0 Å². The summed E-state index contributed by atoms with van der Waals surface area (Å²) in [5.74, 6) is -0.917. The van der Waals surface area contributed by atoms with Crippen LogP contribution in [0, 0.1) is 5.92 Å². The molecule has 3 N–H and O–H groups in total. The average Bonchev–Trinajstić information content (AvgIpc) is 3.57. The molecule has 4 aromatic rings. The predicted molar refractivity (Wildman–Crippen MR) is 163 cm³/mol. The number of aliphatic hydroxyl groups excluding tert-OH is 1. The zero-order chi connectivity index (χ0) is 30.6. The fourth-order valence-corrected chi connectivity index (χ4v) is 5.36. The molecule has 3 aromatic carbocycles. The smallest absolute Gasteiger partial charge is 0.264 e.